The zero-order valence-electron chi connectivity index (χ0n) is 11.6. The Kier molecular flexibility index (Phi) is 4.70. The maximum absolute atomic E-state index is 12.8. The molecule has 5 heteroatoms. The maximum Gasteiger partial charge on any atom is 0.212 e. The first-order valence-electron chi connectivity index (χ1n) is 7.05. The number of anilines is 1. The molecule has 3 rings (SSSR count). The third-order valence-electron chi connectivity index (χ3n) is 3.75. The van der Waals surface area contributed by atoms with Crippen LogP contribution in [-0.4, -0.2) is 24.1 Å². The molecule has 1 aliphatic heterocycles. The van der Waals surface area contributed by atoms with Crippen LogP contribution in [0.4, 0.5) is 10.1 Å². The third-order valence-corrected chi connectivity index (χ3v) is 4.42. The lowest BCUT2D eigenvalue weighted by Crippen LogP contribution is -2.32. The second-order valence-corrected chi connectivity index (χ2v) is 6.53. The Bertz CT molecular complexity index is 603. The molecule has 0 radical (unpaired) electrons. The van der Waals surface area contributed by atoms with Crippen molar-refractivity contribution in [2.75, 3.05) is 18.0 Å². The van der Waals surface area contributed by atoms with Crippen molar-refractivity contribution in [2.24, 2.45) is 0 Å². The number of pyridine rings is 1. The van der Waals surface area contributed by atoms with Crippen LogP contribution in [0.3, 0.4) is 0 Å². The first-order valence-corrected chi connectivity index (χ1v) is 8.13. The fourth-order valence-corrected chi connectivity index (χ4v) is 3.23. The molecule has 1 aromatic carbocycles. The summed E-state index contributed by atoms with van der Waals surface area (Å²) in [5.41, 5.74) is 2.30. The highest BCUT2D eigenvalue weighted by atomic mass is 127. The van der Waals surface area contributed by atoms with Gasteiger partial charge in [0.05, 0.1) is 11.9 Å². The Morgan fingerprint density at radius 3 is 3.00 bits per heavy atom. The van der Waals surface area contributed by atoms with Crippen LogP contribution in [-0.2, 0) is 6.54 Å². The van der Waals surface area contributed by atoms with Gasteiger partial charge in [0.2, 0.25) is 5.95 Å². The van der Waals surface area contributed by atoms with Crippen LogP contribution in [0.1, 0.15) is 12.0 Å². The van der Waals surface area contributed by atoms with Crippen molar-refractivity contribution in [3.8, 4) is 0 Å². The van der Waals surface area contributed by atoms with Crippen molar-refractivity contribution in [3.05, 3.63) is 57.7 Å². The zero-order valence-corrected chi connectivity index (χ0v) is 13.8. The molecule has 1 aromatic heterocycles. The van der Waals surface area contributed by atoms with Gasteiger partial charge in [-0.25, -0.2) is 4.98 Å². The molecule has 21 heavy (non-hydrogen) atoms. The summed E-state index contributed by atoms with van der Waals surface area (Å²) in [6.07, 6.45) is 2.71. The highest BCUT2D eigenvalue weighted by Gasteiger charge is 2.22. The summed E-state index contributed by atoms with van der Waals surface area (Å²) in [5.74, 6) is -0.425. The molecule has 1 saturated heterocycles. The quantitative estimate of drug-likeness (QED) is 0.635. The van der Waals surface area contributed by atoms with Crippen LogP contribution in [0, 0.1) is 9.52 Å². The molecule has 3 nitrogen and oxygen atoms in total. The van der Waals surface area contributed by atoms with Gasteiger partial charge in [-0.05, 0) is 58.8 Å². The Balaban J connectivity index is 1.54. The number of hydrogen-bond donors (Lipinski definition) is 1. The van der Waals surface area contributed by atoms with Crippen LogP contribution >= 0.6 is 22.6 Å². The van der Waals surface area contributed by atoms with Gasteiger partial charge >= 0.3 is 0 Å². The topological polar surface area (TPSA) is 28.2 Å². The molecule has 110 valence electrons. The maximum atomic E-state index is 12.8. The lowest BCUT2D eigenvalue weighted by atomic mass is 10.2. The third kappa shape index (κ3) is 3.91. The number of rotatable bonds is 4. The molecule has 1 N–H and O–H groups in total. The summed E-state index contributed by atoms with van der Waals surface area (Å²) in [6.45, 7) is 2.81. The summed E-state index contributed by atoms with van der Waals surface area (Å²) in [7, 11) is 0. The van der Waals surface area contributed by atoms with Crippen molar-refractivity contribution in [1.29, 1.82) is 0 Å². The lowest BCUT2D eigenvalue weighted by Gasteiger charge is -2.18. The molecule has 0 amide bonds. The Hall–Kier alpha value is -1.21. The van der Waals surface area contributed by atoms with E-state index in [0.717, 1.165) is 31.7 Å². The van der Waals surface area contributed by atoms with Gasteiger partial charge in [0.1, 0.15) is 0 Å². The summed E-state index contributed by atoms with van der Waals surface area (Å²) >= 11 is 2.33. The summed E-state index contributed by atoms with van der Waals surface area (Å²) in [4.78, 5) is 5.97. The fraction of sp³-hybridized carbons (Fsp3) is 0.312. The second kappa shape index (κ2) is 6.70. The van der Waals surface area contributed by atoms with Crippen molar-refractivity contribution < 1.29 is 4.39 Å². The molecular weight excluding hydrogens is 380 g/mol. The van der Waals surface area contributed by atoms with E-state index in [0.29, 0.717) is 6.04 Å². The van der Waals surface area contributed by atoms with E-state index in [1.54, 1.807) is 12.3 Å². The zero-order chi connectivity index (χ0) is 14.7. The van der Waals surface area contributed by atoms with E-state index in [1.165, 1.54) is 15.2 Å². The molecule has 2 aromatic rings. The van der Waals surface area contributed by atoms with Crippen molar-refractivity contribution in [3.63, 3.8) is 0 Å². The van der Waals surface area contributed by atoms with Gasteiger partial charge in [0, 0.05) is 29.2 Å². The molecule has 0 aliphatic carbocycles. The van der Waals surface area contributed by atoms with Crippen LogP contribution in [0.5, 0.6) is 0 Å². The lowest BCUT2D eigenvalue weighted by molar-refractivity contribution is 0.551. The van der Waals surface area contributed by atoms with E-state index in [-0.39, 0.29) is 0 Å². The molecule has 0 saturated carbocycles. The van der Waals surface area contributed by atoms with Crippen molar-refractivity contribution in [2.45, 2.75) is 19.0 Å². The minimum absolute atomic E-state index is 0.425. The molecule has 0 spiro atoms. The second-order valence-electron chi connectivity index (χ2n) is 5.28. The number of nitrogens with zero attached hydrogens (tertiary/aromatic N) is 2. The van der Waals surface area contributed by atoms with Gasteiger partial charge in [0.25, 0.3) is 0 Å². The molecule has 0 bridgehead atoms. The van der Waals surface area contributed by atoms with Crippen LogP contribution in [0.15, 0.2) is 42.6 Å². The van der Waals surface area contributed by atoms with E-state index >= 15 is 0 Å². The molecule has 2 heterocycles. The van der Waals surface area contributed by atoms with E-state index < -0.39 is 5.95 Å². The largest absolute Gasteiger partial charge is 0.369 e. The molecule has 1 fully saturated rings. The first kappa shape index (κ1) is 14.7. The number of benzene rings is 1. The predicted octanol–water partition coefficient (Wildman–Crippen LogP) is 3.19. The molecule has 1 atom stereocenters. The highest BCUT2D eigenvalue weighted by Crippen LogP contribution is 2.19. The SMILES string of the molecule is Fc1ccc(N2CC[C@H](NCc3cccc(I)c3)C2)cn1. The van der Waals surface area contributed by atoms with E-state index in [4.69, 9.17) is 0 Å². The van der Waals surface area contributed by atoms with Crippen LogP contribution in [0.25, 0.3) is 0 Å². The van der Waals surface area contributed by atoms with Gasteiger partial charge in [0.15, 0.2) is 0 Å². The van der Waals surface area contributed by atoms with Crippen LogP contribution < -0.4 is 10.2 Å². The summed E-state index contributed by atoms with van der Waals surface area (Å²) < 4.78 is 14.1. The smallest absolute Gasteiger partial charge is 0.212 e. The van der Waals surface area contributed by atoms with Gasteiger partial charge in [-0.2, -0.15) is 4.39 Å². The minimum Gasteiger partial charge on any atom is -0.369 e. The van der Waals surface area contributed by atoms with E-state index in [1.807, 2.05) is 0 Å². The average Bonchev–Trinajstić information content (AvgIpc) is 2.95. The van der Waals surface area contributed by atoms with E-state index in [9.17, 15) is 4.39 Å². The Morgan fingerprint density at radius 1 is 1.33 bits per heavy atom. The van der Waals surface area contributed by atoms with Gasteiger partial charge in [-0.1, -0.05) is 12.1 Å². The van der Waals surface area contributed by atoms with E-state index in [2.05, 4.69) is 62.1 Å². The summed E-state index contributed by atoms with van der Waals surface area (Å²) in [6, 6.07) is 12.2. The molecular formula is C16H17FIN3. The Labute approximate surface area is 137 Å². The Morgan fingerprint density at radius 2 is 2.24 bits per heavy atom. The predicted molar refractivity (Wildman–Crippen MR) is 90.8 cm³/mol. The highest BCUT2D eigenvalue weighted by molar-refractivity contribution is 14.1. The standard InChI is InChI=1S/C16H17FIN3/c17-16-5-4-15(10-20-16)21-7-6-14(11-21)19-9-12-2-1-3-13(18)8-12/h1-5,8,10,14,19H,6-7,9,11H2/t14-/m0/s1. The number of nitrogens with one attached hydrogen (secondary N) is 1. The first-order chi connectivity index (χ1) is 10.2. The van der Waals surface area contributed by atoms with Gasteiger partial charge in [-0.15, -0.1) is 0 Å². The monoisotopic (exact) mass is 397 g/mol. The van der Waals surface area contributed by atoms with Gasteiger partial charge < -0.3 is 10.2 Å². The fourth-order valence-electron chi connectivity index (χ4n) is 2.63. The molecule has 0 unspecified atom stereocenters. The molecule has 1 aliphatic rings. The number of hydrogen-bond acceptors (Lipinski definition) is 3. The van der Waals surface area contributed by atoms with Crippen molar-refractivity contribution >= 4 is 28.3 Å². The minimum atomic E-state index is -0.425. The normalized spacial score (nSPS) is 18.2. The number of aromatic nitrogens is 1. The van der Waals surface area contributed by atoms with Crippen molar-refractivity contribution in [1.82, 2.24) is 10.3 Å². The van der Waals surface area contributed by atoms with Gasteiger partial charge in [-0.3, -0.25) is 0 Å². The summed E-state index contributed by atoms with van der Waals surface area (Å²) in [5, 5.41) is 3.60. The van der Waals surface area contributed by atoms with Crippen LogP contribution in [0.2, 0.25) is 0 Å². The average molecular weight is 397 g/mol. The number of halogens is 2.